The molecule has 1 aromatic rings. The van der Waals surface area contributed by atoms with E-state index in [-0.39, 0.29) is 0 Å². The van der Waals surface area contributed by atoms with E-state index in [0.29, 0.717) is 5.41 Å². The van der Waals surface area contributed by atoms with E-state index in [0.717, 1.165) is 0 Å². The van der Waals surface area contributed by atoms with E-state index in [4.69, 9.17) is 0 Å². The summed E-state index contributed by atoms with van der Waals surface area (Å²) in [4.78, 5) is 2.51. The van der Waals surface area contributed by atoms with Crippen LogP contribution in [0.5, 0.6) is 0 Å². The van der Waals surface area contributed by atoms with Gasteiger partial charge in [-0.1, -0.05) is 38.5 Å². The number of nitrogens with zero attached hydrogens (tertiary/aromatic N) is 1. The van der Waals surface area contributed by atoms with Crippen molar-refractivity contribution in [2.45, 2.75) is 33.1 Å². The minimum Gasteiger partial charge on any atom is -0.371 e. The summed E-state index contributed by atoms with van der Waals surface area (Å²) in [6.07, 6.45) is 3.98. The molecule has 0 N–H and O–H groups in total. The van der Waals surface area contributed by atoms with Crippen LogP contribution in [-0.4, -0.2) is 13.1 Å². The molecule has 0 unspecified atom stereocenters. The first-order valence-electron chi connectivity index (χ1n) is 6.03. The van der Waals surface area contributed by atoms with Gasteiger partial charge in [0.15, 0.2) is 0 Å². The summed E-state index contributed by atoms with van der Waals surface area (Å²) >= 11 is 0. The third-order valence-electron chi connectivity index (χ3n) is 3.95. The first kappa shape index (κ1) is 10.5. The molecule has 0 bridgehead atoms. The molecule has 2 rings (SSSR count). The zero-order valence-corrected chi connectivity index (χ0v) is 9.87. The Bertz CT molecular complexity index is 296. The van der Waals surface area contributed by atoms with Crippen LogP contribution in [0.15, 0.2) is 30.3 Å². The number of piperidine rings is 1. The number of hydrogen-bond donors (Lipinski definition) is 0. The standard InChI is InChI=1S/C14H21N/c1-3-14(2)9-11-15(12-10-14)13-7-5-4-6-8-13/h4-8H,3,9-12H2,1-2H3. The minimum absolute atomic E-state index is 0.589. The predicted molar refractivity (Wildman–Crippen MR) is 66.3 cm³/mol. The van der Waals surface area contributed by atoms with Crippen molar-refractivity contribution < 1.29 is 0 Å². The lowest BCUT2D eigenvalue weighted by molar-refractivity contribution is 0.238. The zero-order chi connectivity index (χ0) is 10.7. The molecule has 1 saturated heterocycles. The Morgan fingerprint density at radius 1 is 1.13 bits per heavy atom. The number of para-hydroxylation sites is 1. The van der Waals surface area contributed by atoms with Crippen LogP contribution in [0.25, 0.3) is 0 Å². The summed E-state index contributed by atoms with van der Waals surface area (Å²) < 4.78 is 0. The molecular weight excluding hydrogens is 182 g/mol. The van der Waals surface area contributed by atoms with E-state index in [2.05, 4.69) is 49.1 Å². The molecule has 1 nitrogen and oxygen atoms in total. The second-order valence-corrected chi connectivity index (χ2v) is 4.99. The largest absolute Gasteiger partial charge is 0.371 e. The molecule has 0 spiro atoms. The molecule has 82 valence electrons. The van der Waals surface area contributed by atoms with Crippen molar-refractivity contribution in [3.63, 3.8) is 0 Å². The maximum Gasteiger partial charge on any atom is 0.0366 e. The molecule has 0 saturated carbocycles. The molecule has 0 amide bonds. The van der Waals surface area contributed by atoms with E-state index < -0.39 is 0 Å². The van der Waals surface area contributed by atoms with Gasteiger partial charge in [-0.05, 0) is 30.4 Å². The Kier molecular flexibility index (Phi) is 2.99. The third kappa shape index (κ3) is 2.34. The Morgan fingerprint density at radius 2 is 1.73 bits per heavy atom. The lowest BCUT2D eigenvalue weighted by Gasteiger charge is -2.40. The molecule has 1 heterocycles. The van der Waals surface area contributed by atoms with Gasteiger partial charge < -0.3 is 4.90 Å². The SMILES string of the molecule is CCC1(C)CCN(c2ccccc2)CC1. The average molecular weight is 203 g/mol. The lowest BCUT2D eigenvalue weighted by Crippen LogP contribution is -2.38. The van der Waals surface area contributed by atoms with Gasteiger partial charge in [-0.15, -0.1) is 0 Å². The Balaban J connectivity index is 2.00. The van der Waals surface area contributed by atoms with Crippen molar-refractivity contribution in [3.8, 4) is 0 Å². The van der Waals surface area contributed by atoms with Gasteiger partial charge in [-0.2, -0.15) is 0 Å². The second kappa shape index (κ2) is 4.26. The highest BCUT2D eigenvalue weighted by Gasteiger charge is 2.27. The van der Waals surface area contributed by atoms with Crippen LogP contribution in [0.2, 0.25) is 0 Å². The van der Waals surface area contributed by atoms with Crippen molar-refractivity contribution in [2.75, 3.05) is 18.0 Å². The van der Waals surface area contributed by atoms with Gasteiger partial charge in [-0.25, -0.2) is 0 Å². The fourth-order valence-corrected chi connectivity index (χ4v) is 2.30. The normalized spacial score (nSPS) is 20.3. The molecule has 15 heavy (non-hydrogen) atoms. The Hall–Kier alpha value is -0.980. The van der Waals surface area contributed by atoms with E-state index in [1.807, 2.05) is 0 Å². The number of rotatable bonds is 2. The summed E-state index contributed by atoms with van der Waals surface area (Å²) in [6, 6.07) is 10.8. The van der Waals surface area contributed by atoms with Crippen molar-refractivity contribution in [2.24, 2.45) is 5.41 Å². The van der Waals surface area contributed by atoms with E-state index in [1.165, 1.54) is 38.0 Å². The summed E-state index contributed by atoms with van der Waals surface area (Å²) in [5.41, 5.74) is 1.97. The molecule has 1 aliphatic heterocycles. The zero-order valence-electron chi connectivity index (χ0n) is 9.87. The second-order valence-electron chi connectivity index (χ2n) is 4.99. The molecule has 0 radical (unpaired) electrons. The fraction of sp³-hybridized carbons (Fsp3) is 0.571. The molecule has 0 atom stereocenters. The molecule has 0 aromatic heterocycles. The van der Waals surface area contributed by atoms with Crippen LogP contribution in [-0.2, 0) is 0 Å². The molecule has 1 heteroatoms. The fourth-order valence-electron chi connectivity index (χ4n) is 2.30. The highest BCUT2D eigenvalue weighted by Crippen LogP contribution is 2.35. The van der Waals surface area contributed by atoms with Crippen LogP contribution in [0, 0.1) is 5.41 Å². The van der Waals surface area contributed by atoms with Crippen molar-refractivity contribution >= 4 is 5.69 Å². The van der Waals surface area contributed by atoms with E-state index in [1.54, 1.807) is 0 Å². The predicted octanol–water partition coefficient (Wildman–Crippen LogP) is 3.70. The highest BCUT2D eigenvalue weighted by atomic mass is 15.1. The summed E-state index contributed by atoms with van der Waals surface area (Å²) in [6.45, 7) is 7.18. The average Bonchev–Trinajstić information content (AvgIpc) is 2.31. The van der Waals surface area contributed by atoms with Crippen LogP contribution < -0.4 is 4.90 Å². The Morgan fingerprint density at radius 3 is 2.27 bits per heavy atom. The number of benzene rings is 1. The topological polar surface area (TPSA) is 3.24 Å². The van der Waals surface area contributed by atoms with Gasteiger partial charge >= 0.3 is 0 Å². The van der Waals surface area contributed by atoms with Gasteiger partial charge in [0.25, 0.3) is 0 Å². The summed E-state index contributed by atoms with van der Waals surface area (Å²) in [7, 11) is 0. The maximum atomic E-state index is 2.51. The summed E-state index contributed by atoms with van der Waals surface area (Å²) in [5, 5.41) is 0. The van der Waals surface area contributed by atoms with Crippen molar-refractivity contribution in [1.82, 2.24) is 0 Å². The maximum absolute atomic E-state index is 2.51. The van der Waals surface area contributed by atoms with Gasteiger partial charge in [-0.3, -0.25) is 0 Å². The van der Waals surface area contributed by atoms with Gasteiger partial charge in [0.2, 0.25) is 0 Å². The van der Waals surface area contributed by atoms with Crippen LogP contribution in [0.3, 0.4) is 0 Å². The van der Waals surface area contributed by atoms with Gasteiger partial charge in [0.05, 0.1) is 0 Å². The van der Waals surface area contributed by atoms with Crippen LogP contribution in [0.1, 0.15) is 33.1 Å². The molecule has 0 aliphatic carbocycles. The molecule has 1 aliphatic rings. The first-order chi connectivity index (χ1) is 7.23. The molecule has 1 fully saturated rings. The number of hydrogen-bond acceptors (Lipinski definition) is 1. The quantitative estimate of drug-likeness (QED) is 0.708. The lowest BCUT2D eigenvalue weighted by atomic mass is 9.78. The highest BCUT2D eigenvalue weighted by molar-refractivity contribution is 5.46. The van der Waals surface area contributed by atoms with Gasteiger partial charge in [0, 0.05) is 18.8 Å². The monoisotopic (exact) mass is 203 g/mol. The van der Waals surface area contributed by atoms with Crippen molar-refractivity contribution in [3.05, 3.63) is 30.3 Å². The smallest absolute Gasteiger partial charge is 0.0366 e. The van der Waals surface area contributed by atoms with E-state index in [9.17, 15) is 0 Å². The van der Waals surface area contributed by atoms with Gasteiger partial charge in [0.1, 0.15) is 0 Å². The minimum atomic E-state index is 0.589. The molecular formula is C14H21N. The van der Waals surface area contributed by atoms with Crippen LogP contribution >= 0.6 is 0 Å². The van der Waals surface area contributed by atoms with E-state index >= 15 is 0 Å². The first-order valence-corrected chi connectivity index (χ1v) is 6.03. The summed E-state index contributed by atoms with van der Waals surface area (Å²) in [5.74, 6) is 0. The van der Waals surface area contributed by atoms with Crippen molar-refractivity contribution in [1.29, 1.82) is 0 Å². The third-order valence-corrected chi connectivity index (χ3v) is 3.95. The molecule has 1 aromatic carbocycles. The Labute approximate surface area is 93.1 Å². The number of anilines is 1. The van der Waals surface area contributed by atoms with Crippen LogP contribution in [0.4, 0.5) is 5.69 Å².